The van der Waals surface area contributed by atoms with E-state index in [2.05, 4.69) is 12.2 Å². The van der Waals surface area contributed by atoms with Crippen molar-refractivity contribution in [1.29, 1.82) is 0 Å². The Bertz CT molecular complexity index is 587. The molecule has 0 saturated carbocycles. The van der Waals surface area contributed by atoms with Crippen molar-refractivity contribution in [3.05, 3.63) is 65.2 Å². The highest BCUT2D eigenvalue weighted by Crippen LogP contribution is 2.20. The Morgan fingerprint density at radius 3 is 2.57 bits per heavy atom. The fraction of sp³-hybridized carbons (Fsp3) is 0.294. The zero-order valence-corrected chi connectivity index (χ0v) is 12.0. The van der Waals surface area contributed by atoms with Gasteiger partial charge >= 0.3 is 0 Å². The third kappa shape index (κ3) is 4.53. The van der Waals surface area contributed by atoms with Gasteiger partial charge in [-0.05, 0) is 36.7 Å². The first-order valence-corrected chi connectivity index (χ1v) is 7.06. The molecule has 0 amide bonds. The lowest BCUT2D eigenvalue weighted by atomic mass is 10.2. The molecule has 0 unspecified atom stereocenters. The van der Waals surface area contributed by atoms with Gasteiger partial charge in [0.25, 0.3) is 0 Å². The zero-order chi connectivity index (χ0) is 15.1. The second-order valence-corrected chi connectivity index (χ2v) is 4.82. The highest BCUT2D eigenvalue weighted by molar-refractivity contribution is 5.30. The molecule has 0 bridgehead atoms. The summed E-state index contributed by atoms with van der Waals surface area (Å²) in [7, 11) is 0. The van der Waals surface area contributed by atoms with Crippen LogP contribution in [0, 0.1) is 11.6 Å². The summed E-state index contributed by atoms with van der Waals surface area (Å²) in [5, 5.41) is 3.21. The maximum Gasteiger partial charge on any atom is 0.165 e. The molecule has 0 aromatic heterocycles. The quantitative estimate of drug-likeness (QED) is 0.777. The van der Waals surface area contributed by atoms with E-state index in [4.69, 9.17) is 4.74 Å². The van der Waals surface area contributed by atoms with Crippen molar-refractivity contribution in [2.24, 2.45) is 0 Å². The molecule has 0 saturated heterocycles. The zero-order valence-electron chi connectivity index (χ0n) is 12.0. The first kappa shape index (κ1) is 15.4. The lowest BCUT2D eigenvalue weighted by Crippen LogP contribution is -2.13. The maximum atomic E-state index is 13.9. The van der Waals surface area contributed by atoms with Crippen LogP contribution in [0.5, 0.6) is 5.75 Å². The molecule has 0 heterocycles. The second-order valence-electron chi connectivity index (χ2n) is 4.82. The van der Waals surface area contributed by atoms with Gasteiger partial charge in [0.15, 0.2) is 11.6 Å². The summed E-state index contributed by atoms with van der Waals surface area (Å²) in [4.78, 5) is 0. The average Bonchev–Trinajstić information content (AvgIpc) is 2.48. The van der Waals surface area contributed by atoms with Gasteiger partial charge in [0.1, 0.15) is 12.4 Å². The smallest absolute Gasteiger partial charge is 0.165 e. The van der Waals surface area contributed by atoms with Gasteiger partial charge in [-0.15, -0.1) is 0 Å². The van der Waals surface area contributed by atoms with E-state index in [1.807, 2.05) is 6.07 Å². The lowest BCUT2D eigenvalue weighted by Gasteiger charge is -2.10. The topological polar surface area (TPSA) is 21.3 Å². The number of hydrogen-bond acceptors (Lipinski definition) is 2. The molecular weight excluding hydrogens is 272 g/mol. The number of nitrogens with one attached hydrogen (secondary N) is 1. The molecule has 2 aromatic rings. The predicted octanol–water partition coefficient (Wildman–Crippen LogP) is 4.04. The molecule has 2 rings (SSSR count). The van der Waals surface area contributed by atoms with Crippen molar-refractivity contribution in [3.8, 4) is 5.75 Å². The van der Waals surface area contributed by atoms with Gasteiger partial charge in [-0.1, -0.05) is 31.2 Å². The van der Waals surface area contributed by atoms with Crippen LogP contribution in [0.1, 0.15) is 24.5 Å². The minimum absolute atomic E-state index is 0.0109. The fourth-order valence-electron chi connectivity index (χ4n) is 1.95. The molecule has 0 aliphatic heterocycles. The van der Waals surface area contributed by atoms with Crippen LogP contribution in [0.2, 0.25) is 0 Å². The van der Waals surface area contributed by atoms with Gasteiger partial charge in [-0.25, -0.2) is 8.78 Å². The Labute approximate surface area is 123 Å². The minimum Gasteiger partial charge on any atom is -0.486 e. The summed E-state index contributed by atoms with van der Waals surface area (Å²) in [6.45, 7) is 3.61. The summed E-state index contributed by atoms with van der Waals surface area (Å²) in [6, 6.07) is 11.1. The molecule has 0 radical (unpaired) electrons. The Morgan fingerprint density at radius 1 is 1.05 bits per heavy atom. The van der Waals surface area contributed by atoms with E-state index in [-0.39, 0.29) is 18.2 Å². The summed E-state index contributed by atoms with van der Waals surface area (Å²) < 4.78 is 32.7. The summed E-state index contributed by atoms with van der Waals surface area (Å²) >= 11 is 0. The molecule has 0 aliphatic carbocycles. The van der Waals surface area contributed by atoms with Crippen LogP contribution in [-0.4, -0.2) is 6.54 Å². The molecule has 21 heavy (non-hydrogen) atoms. The van der Waals surface area contributed by atoms with E-state index in [0.29, 0.717) is 12.1 Å². The molecule has 4 heteroatoms. The van der Waals surface area contributed by atoms with Crippen LogP contribution in [0.15, 0.2) is 42.5 Å². The number of ether oxygens (including phenoxy) is 1. The van der Waals surface area contributed by atoms with Crippen molar-refractivity contribution in [2.75, 3.05) is 6.54 Å². The van der Waals surface area contributed by atoms with Gasteiger partial charge in [0.05, 0.1) is 0 Å². The number of rotatable bonds is 7. The lowest BCUT2D eigenvalue weighted by molar-refractivity contribution is 0.284. The SMILES string of the molecule is CCCNCc1ccc(OCc2ccccc2F)c(F)c1. The van der Waals surface area contributed by atoms with E-state index in [0.717, 1.165) is 18.5 Å². The Kier molecular flexibility index (Phi) is 5.69. The van der Waals surface area contributed by atoms with Crippen LogP contribution in [0.4, 0.5) is 8.78 Å². The Balaban J connectivity index is 1.96. The second kappa shape index (κ2) is 7.74. The molecule has 112 valence electrons. The van der Waals surface area contributed by atoms with Crippen molar-refractivity contribution in [3.63, 3.8) is 0 Å². The molecular formula is C17H19F2NO. The molecule has 0 aliphatic rings. The summed E-state index contributed by atoms with van der Waals surface area (Å²) in [5.41, 5.74) is 1.27. The molecule has 2 aromatic carbocycles. The van der Waals surface area contributed by atoms with Crippen molar-refractivity contribution in [1.82, 2.24) is 5.32 Å². The van der Waals surface area contributed by atoms with Gasteiger partial charge < -0.3 is 10.1 Å². The molecule has 1 N–H and O–H groups in total. The number of hydrogen-bond donors (Lipinski definition) is 1. The van der Waals surface area contributed by atoms with E-state index in [9.17, 15) is 8.78 Å². The molecule has 2 nitrogen and oxygen atoms in total. The number of halogens is 2. The minimum atomic E-state index is -0.429. The summed E-state index contributed by atoms with van der Waals surface area (Å²) in [5.74, 6) is -0.641. The number of benzene rings is 2. The van der Waals surface area contributed by atoms with E-state index in [1.165, 1.54) is 12.1 Å². The normalized spacial score (nSPS) is 10.6. The van der Waals surface area contributed by atoms with E-state index in [1.54, 1.807) is 24.3 Å². The van der Waals surface area contributed by atoms with Gasteiger partial charge in [0.2, 0.25) is 0 Å². The van der Waals surface area contributed by atoms with E-state index < -0.39 is 5.82 Å². The third-order valence-electron chi connectivity index (χ3n) is 3.09. The van der Waals surface area contributed by atoms with E-state index >= 15 is 0 Å². The third-order valence-corrected chi connectivity index (χ3v) is 3.09. The van der Waals surface area contributed by atoms with Crippen LogP contribution in [0.3, 0.4) is 0 Å². The molecule has 0 atom stereocenters. The molecule has 0 spiro atoms. The largest absolute Gasteiger partial charge is 0.486 e. The Morgan fingerprint density at radius 2 is 1.86 bits per heavy atom. The summed E-state index contributed by atoms with van der Waals surface area (Å²) in [6.07, 6.45) is 1.03. The Hall–Kier alpha value is -1.94. The highest BCUT2D eigenvalue weighted by Gasteiger charge is 2.07. The van der Waals surface area contributed by atoms with Crippen LogP contribution in [0.25, 0.3) is 0 Å². The average molecular weight is 291 g/mol. The van der Waals surface area contributed by atoms with Crippen LogP contribution >= 0.6 is 0 Å². The maximum absolute atomic E-state index is 13.9. The predicted molar refractivity (Wildman–Crippen MR) is 79.1 cm³/mol. The van der Waals surface area contributed by atoms with Crippen LogP contribution < -0.4 is 10.1 Å². The van der Waals surface area contributed by atoms with Gasteiger partial charge in [-0.2, -0.15) is 0 Å². The fourth-order valence-corrected chi connectivity index (χ4v) is 1.95. The standard InChI is InChI=1S/C17H19F2NO/c1-2-9-20-11-13-7-8-17(16(19)10-13)21-12-14-5-3-4-6-15(14)18/h3-8,10,20H,2,9,11-12H2,1H3. The van der Waals surface area contributed by atoms with Gasteiger partial charge in [0, 0.05) is 12.1 Å². The van der Waals surface area contributed by atoms with Gasteiger partial charge in [-0.3, -0.25) is 0 Å². The first-order chi connectivity index (χ1) is 10.2. The van der Waals surface area contributed by atoms with Crippen molar-refractivity contribution < 1.29 is 13.5 Å². The molecule has 0 fully saturated rings. The first-order valence-electron chi connectivity index (χ1n) is 7.06. The highest BCUT2D eigenvalue weighted by atomic mass is 19.1. The monoisotopic (exact) mass is 291 g/mol. The van der Waals surface area contributed by atoms with Crippen molar-refractivity contribution in [2.45, 2.75) is 26.5 Å². The van der Waals surface area contributed by atoms with Crippen molar-refractivity contribution >= 4 is 0 Å². The van der Waals surface area contributed by atoms with Crippen LogP contribution in [-0.2, 0) is 13.2 Å².